The maximum atomic E-state index is 3.47. The Balaban J connectivity index is 1.57. The number of nitrogens with one attached hydrogen (secondary N) is 2. The molecule has 2 heterocycles. The molecule has 1 aromatic rings. The monoisotopic (exact) mass is 303 g/mol. The summed E-state index contributed by atoms with van der Waals surface area (Å²) in [5.41, 5.74) is 0. The van der Waals surface area contributed by atoms with Crippen LogP contribution in [0.2, 0.25) is 0 Å². The Morgan fingerprint density at radius 3 is 2.88 bits per heavy atom. The Morgan fingerprint density at radius 1 is 1.38 bits per heavy atom. The predicted octanol–water partition coefficient (Wildman–Crippen LogP) is 2.22. The van der Waals surface area contributed by atoms with Crippen LogP contribution in [0, 0.1) is 0 Å². The first-order chi connectivity index (χ1) is 7.84. The van der Waals surface area contributed by atoms with Crippen LogP contribution in [0.4, 0.5) is 5.00 Å². The lowest BCUT2D eigenvalue weighted by Gasteiger charge is -2.27. The Hall–Kier alpha value is -0.100. The molecule has 1 fully saturated rings. The quantitative estimate of drug-likeness (QED) is 0.817. The van der Waals surface area contributed by atoms with Gasteiger partial charge in [0, 0.05) is 32.7 Å². The molecule has 0 saturated carbocycles. The van der Waals surface area contributed by atoms with Gasteiger partial charge in [0.15, 0.2) is 0 Å². The summed E-state index contributed by atoms with van der Waals surface area (Å²) >= 11 is 5.22. The molecular formula is C11H18BrN3S. The van der Waals surface area contributed by atoms with Crippen LogP contribution in [-0.2, 0) is 0 Å². The van der Waals surface area contributed by atoms with Crippen molar-refractivity contribution in [3.63, 3.8) is 0 Å². The van der Waals surface area contributed by atoms with Gasteiger partial charge in [0.05, 0.1) is 8.79 Å². The molecule has 2 N–H and O–H groups in total. The van der Waals surface area contributed by atoms with Crippen LogP contribution in [0.3, 0.4) is 0 Å². The number of anilines is 1. The summed E-state index contributed by atoms with van der Waals surface area (Å²) in [7, 11) is 0. The van der Waals surface area contributed by atoms with Crippen LogP contribution in [0.15, 0.2) is 15.9 Å². The van der Waals surface area contributed by atoms with Crippen LogP contribution in [0.1, 0.15) is 6.42 Å². The van der Waals surface area contributed by atoms with E-state index in [1.807, 2.05) is 0 Å². The largest absolute Gasteiger partial charge is 0.377 e. The van der Waals surface area contributed by atoms with Crippen molar-refractivity contribution in [2.75, 3.05) is 44.6 Å². The van der Waals surface area contributed by atoms with E-state index in [1.165, 1.54) is 34.8 Å². The zero-order valence-corrected chi connectivity index (χ0v) is 11.7. The number of rotatable bonds is 5. The molecule has 0 aromatic carbocycles. The fraction of sp³-hybridized carbons (Fsp3) is 0.636. The van der Waals surface area contributed by atoms with Crippen molar-refractivity contribution in [3.05, 3.63) is 15.9 Å². The van der Waals surface area contributed by atoms with Gasteiger partial charge in [-0.25, -0.2) is 0 Å². The summed E-state index contributed by atoms with van der Waals surface area (Å²) in [5, 5.41) is 8.08. The first kappa shape index (κ1) is 12.4. The Bertz CT molecular complexity index is 310. The average Bonchev–Trinajstić information content (AvgIpc) is 2.72. The van der Waals surface area contributed by atoms with E-state index in [-0.39, 0.29) is 0 Å². The number of hydrogen-bond donors (Lipinski definition) is 2. The van der Waals surface area contributed by atoms with Gasteiger partial charge in [-0.1, -0.05) is 0 Å². The second-order valence-electron chi connectivity index (χ2n) is 3.98. The van der Waals surface area contributed by atoms with Crippen molar-refractivity contribution in [1.82, 2.24) is 10.2 Å². The van der Waals surface area contributed by atoms with Gasteiger partial charge in [0.25, 0.3) is 0 Å². The number of nitrogens with zero attached hydrogens (tertiary/aromatic N) is 1. The highest BCUT2D eigenvalue weighted by atomic mass is 79.9. The minimum absolute atomic E-state index is 1.07. The molecule has 0 spiro atoms. The van der Waals surface area contributed by atoms with Crippen molar-refractivity contribution in [2.24, 2.45) is 0 Å². The van der Waals surface area contributed by atoms with E-state index in [0.717, 1.165) is 19.6 Å². The highest BCUT2D eigenvalue weighted by Crippen LogP contribution is 2.26. The number of thiophene rings is 1. The van der Waals surface area contributed by atoms with Gasteiger partial charge in [0.2, 0.25) is 0 Å². The number of halogens is 1. The smallest absolute Gasteiger partial charge is 0.0894 e. The number of piperazine rings is 1. The Morgan fingerprint density at radius 2 is 2.19 bits per heavy atom. The van der Waals surface area contributed by atoms with Gasteiger partial charge in [-0.2, -0.15) is 0 Å². The fourth-order valence-electron chi connectivity index (χ4n) is 1.86. The molecule has 16 heavy (non-hydrogen) atoms. The van der Waals surface area contributed by atoms with E-state index in [4.69, 9.17) is 0 Å². The predicted molar refractivity (Wildman–Crippen MR) is 74.4 cm³/mol. The van der Waals surface area contributed by atoms with E-state index in [9.17, 15) is 0 Å². The van der Waals surface area contributed by atoms with Crippen LogP contribution >= 0.6 is 27.3 Å². The molecule has 0 atom stereocenters. The maximum absolute atomic E-state index is 3.47. The van der Waals surface area contributed by atoms with E-state index in [2.05, 4.69) is 43.6 Å². The van der Waals surface area contributed by atoms with Crippen molar-refractivity contribution in [2.45, 2.75) is 6.42 Å². The number of hydrogen-bond acceptors (Lipinski definition) is 4. The summed E-state index contributed by atoms with van der Waals surface area (Å²) in [6, 6.07) is 4.21. The van der Waals surface area contributed by atoms with Crippen LogP contribution in [0.25, 0.3) is 0 Å². The fourth-order valence-corrected chi connectivity index (χ4v) is 3.17. The Kier molecular flexibility index (Phi) is 5.09. The summed E-state index contributed by atoms with van der Waals surface area (Å²) in [4.78, 5) is 2.53. The van der Waals surface area contributed by atoms with Crippen LogP contribution < -0.4 is 10.6 Å². The standard InChI is InChI=1S/C11H18BrN3S/c12-10-2-3-11(16-10)14-4-1-7-15-8-5-13-6-9-15/h2-3,13-14H,1,4-9H2. The molecule has 0 radical (unpaired) electrons. The van der Waals surface area contributed by atoms with Gasteiger partial charge in [-0.15, -0.1) is 11.3 Å². The van der Waals surface area contributed by atoms with Crippen molar-refractivity contribution >= 4 is 32.3 Å². The molecular weight excluding hydrogens is 286 g/mol. The third-order valence-electron chi connectivity index (χ3n) is 2.73. The molecule has 1 saturated heterocycles. The first-order valence-electron chi connectivity index (χ1n) is 5.77. The van der Waals surface area contributed by atoms with Crippen LogP contribution in [-0.4, -0.2) is 44.2 Å². The summed E-state index contributed by atoms with van der Waals surface area (Å²) in [5.74, 6) is 0. The topological polar surface area (TPSA) is 27.3 Å². The van der Waals surface area contributed by atoms with Crippen molar-refractivity contribution < 1.29 is 0 Å². The molecule has 0 aliphatic carbocycles. The zero-order chi connectivity index (χ0) is 11.2. The summed E-state index contributed by atoms with van der Waals surface area (Å²) < 4.78 is 1.19. The van der Waals surface area contributed by atoms with Gasteiger partial charge in [-0.3, -0.25) is 0 Å². The zero-order valence-electron chi connectivity index (χ0n) is 9.34. The highest BCUT2D eigenvalue weighted by Gasteiger charge is 2.08. The lowest BCUT2D eigenvalue weighted by Crippen LogP contribution is -2.44. The lowest BCUT2D eigenvalue weighted by atomic mass is 10.3. The highest BCUT2D eigenvalue weighted by molar-refractivity contribution is 9.11. The third-order valence-corrected chi connectivity index (χ3v) is 4.31. The molecule has 2 rings (SSSR count). The lowest BCUT2D eigenvalue weighted by molar-refractivity contribution is 0.240. The van der Waals surface area contributed by atoms with Crippen molar-refractivity contribution in [3.8, 4) is 0 Å². The SMILES string of the molecule is Brc1ccc(NCCCN2CCNCC2)s1. The first-order valence-corrected chi connectivity index (χ1v) is 7.38. The van der Waals surface area contributed by atoms with Gasteiger partial charge in [-0.05, 0) is 41.0 Å². The molecule has 0 unspecified atom stereocenters. The molecule has 90 valence electrons. The second kappa shape index (κ2) is 6.59. The van der Waals surface area contributed by atoms with Gasteiger partial charge >= 0.3 is 0 Å². The average molecular weight is 304 g/mol. The molecule has 3 nitrogen and oxygen atoms in total. The maximum Gasteiger partial charge on any atom is 0.0894 e. The van der Waals surface area contributed by atoms with E-state index >= 15 is 0 Å². The summed E-state index contributed by atoms with van der Waals surface area (Å²) in [6.45, 7) is 6.96. The minimum atomic E-state index is 1.07. The molecule has 0 bridgehead atoms. The normalized spacial score (nSPS) is 17.6. The second-order valence-corrected chi connectivity index (χ2v) is 6.44. The Labute approximate surface area is 109 Å². The van der Waals surface area contributed by atoms with E-state index < -0.39 is 0 Å². The molecule has 5 heteroatoms. The van der Waals surface area contributed by atoms with E-state index in [1.54, 1.807) is 11.3 Å². The minimum Gasteiger partial charge on any atom is -0.377 e. The molecule has 1 aliphatic heterocycles. The van der Waals surface area contributed by atoms with E-state index in [0.29, 0.717) is 0 Å². The summed E-state index contributed by atoms with van der Waals surface area (Å²) in [6.07, 6.45) is 1.22. The van der Waals surface area contributed by atoms with Gasteiger partial charge in [0.1, 0.15) is 0 Å². The molecule has 1 aromatic heterocycles. The van der Waals surface area contributed by atoms with Crippen molar-refractivity contribution in [1.29, 1.82) is 0 Å². The molecule has 1 aliphatic rings. The third kappa shape index (κ3) is 4.05. The molecule has 0 amide bonds. The van der Waals surface area contributed by atoms with Gasteiger partial charge < -0.3 is 15.5 Å². The van der Waals surface area contributed by atoms with Crippen LogP contribution in [0.5, 0.6) is 0 Å².